The predicted octanol–water partition coefficient (Wildman–Crippen LogP) is 5.58. The minimum atomic E-state index is 0.252. The molecule has 6 nitrogen and oxygen atoms in total. The molecular formula is C24H29BrClN5O. The molecular weight excluding hydrogens is 490 g/mol. The van der Waals surface area contributed by atoms with Gasteiger partial charge in [-0.05, 0) is 78.3 Å². The van der Waals surface area contributed by atoms with Gasteiger partial charge in [-0.25, -0.2) is 4.98 Å². The van der Waals surface area contributed by atoms with Gasteiger partial charge in [0, 0.05) is 42.7 Å². The number of phenols is 1. The maximum Gasteiger partial charge on any atom is 0.225 e. The minimum Gasteiger partial charge on any atom is -0.506 e. The Bertz CT molecular complexity index is 1090. The van der Waals surface area contributed by atoms with E-state index in [0.29, 0.717) is 33.9 Å². The van der Waals surface area contributed by atoms with Crippen molar-refractivity contribution in [2.75, 3.05) is 30.9 Å². The van der Waals surface area contributed by atoms with Crippen molar-refractivity contribution >= 4 is 50.2 Å². The highest BCUT2D eigenvalue weighted by Gasteiger charge is 2.22. The number of hydrogen-bond donors (Lipinski definition) is 3. The molecule has 2 aromatic carbocycles. The number of nitrogens with zero attached hydrogens (tertiary/aromatic N) is 3. The first-order valence-corrected chi connectivity index (χ1v) is 12.2. The van der Waals surface area contributed by atoms with Crippen molar-refractivity contribution in [3.8, 4) is 5.75 Å². The molecule has 1 aromatic heterocycles. The van der Waals surface area contributed by atoms with Crippen LogP contribution in [0.3, 0.4) is 0 Å². The Morgan fingerprint density at radius 2 is 1.88 bits per heavy atom. The van der Waals surface area contributed by atoms with Crippen LogP contribution in [0.2, 0.25) is 5.02 Å². The summed E-state index contributed by atoms with van der Waals surface area (Å²) in [6.45, 7) is 1.52. The zero-order valence-electron chi connectivity index (χ0n) is 18.4. The lowest BCUT2D eigenvalue weighted by Crippen LogP contribution is -2.31. The third kappa shape index (κ3) is 5.45. The van der Waals surface area contributed by atoms with Gasteiger partial charge in [-0.2, -0.15) is 4.98 Å². The maximum atomic E-state index is 10.2. The Hall–Kier alpha value is -2.09. The molecule has 8 heteroatoms. The summed E-state index contributed by atoms with van der Waals surface area (Å²) in [6.07, 6.45) is 4.47. The summed E-state index contributed by atoms with van der Waals surface area (Å²) in [6, 6.07) is 12.0. The number of aromatic hydroxyl groups is 1. The van der Waals surface area contributed by atoms with Gasteiger partial charge in [-0.3, -0.25) is 0 Å². The zero-order chi connectivity index (χ0) is 22.7. The molecule has 1 aliphatic rings. The molecule has 0 saturated heterocycles. The average Bonchev–Trinajstić information content (AvgIpc) is 2.77. The van der Waals surface area contributed by atoms with Crippen LogP contribution < -0.4 is 15.5 Å². The summed E-state index contributed by atoms with van der Waals surface area (Å²) in [5.74, 6) is 2.51. The molecule has 3 N–H and O–H groups in total. The Balaban J connectivity index is 1.30. The average molecular weight is 519 g/mol. The van der Waals surface area contributed by atoms with Gasteiger partial charge in [0.05, 0.1) is 9.99 Å². The molecule has 0 spiro atoms. The highest BCUT2D eigenvalue weighted by Crippen LogP contribution is 2.32. The van der Waals surface area contributed by atoms with E-state index in [0.717, 1.165) is 54.5 Å². The highest BCUT2D eigenvalue weighted by atomic mass is 79.9. The van der Waals surface area contributed by atoms with Gasteiger partial charge in [0.1, 0.15) is 11.6 Å². The Kier molecular flexibility index (Phi) is 7.38. The van der Waals surface area contributed by atoms with E-state index in [4.69, 9.17) is 21.6 Å². The van der Waals surface area contributed by atoms with Crippen LogP contribution in [0.4, 0.5) is 11.8 Å². The molecule has 0 bridgehead atoms. The molecule has 0 unspecified atom stereocenters. The Labute approximate surface area is 202 Å². The van der Waals surface area contributed by atoms with Crippen LogP contribution in [0.5, 0.6) is 5.75 Å². The molecule has 0 atom stereocenters. The van der Waals surface area contributed by atoms with Crippen molar-refractivity contribution in [2.45, 2.75) is 38.3 Å². The highest BCUT2D eigenvalue weighted by molar-refractivity contribution is 9.10. The second kappa shape index (κ2) is 10.2. The first kappa shape index (κ1) is 23.1. The molecule has 1 aliphatic carbocycles. The van der Waals surface area contributed by atoms with E-state index < -0.39 is 0 Å². The third-order valence-corrected chi connectivity index (χ3v) is 6.86. The topological polar surface area (TPSA) is 73.3 Å². The second-order valence-corrected chi connectivity index (χ2v) is 9.96. The van der Waals surface area contributed by atoms with Crippen molar-refractivity contribution in [2.24, 2.45) is 5.92 Å². The molecule has 170 valence electrons. The van der Waals surface area contributed by atoms with E-state index in [9.17, 15) is 5.11 Å². The third-order valence-electron chi connectivity index (χ3n) is 6.04. The van der Waals surface area contributed by atoms with Crippen molar-refractivity contribution in [3.63, 3.8) is 0 Å². The molecule has 0 aliphatic heterocycles. The normalized spacial score (nSPS) is 18.6. The number of fused-ring (bicyclic) bond motifs is 1. The molecule has 1 heterocycles. The van der Waals surface area contributed by atoms with Gasteiger partial charge in [-0.1, -0.05) is 23.7 Å². The largest absolute Gasteiger partial charge is 0.506 e. The van der Waals surface area contributed by atoms with E-state index in [-0.39, 0.29) is 5.75 Å². The predicted molar refractivity (Wildman–Crippen MR) is 136 cm³/mol. The molecule has 0 amide bonds. The number of halogens is 2. The van der Waals surface area contributed by atoms with Crippen molar-refractivity contribution in [1.82, 2.24) is 15.3 Å². The van der Waals surface area contributed by atoms with Crippen molar-refractivity contribution in [1.29, 1.82) is 0 Å². The minimum absolute atomic E-state index is 0.252. The number of para-hydroxylation sites is 1. The van der Waals surface area contributed by atoms with Gasteiger partial charge >= 0.3 is 0 Å². The van der Waals surface area contributed by atoms with Gasteiger partial charge in [0.15, 0.2) is 0 Å². The van der Waals surface area contributed by atoms with Gasteiger partial charge in [0.2, 0.25) is 5.95 Å². The summed E-state index contributed by atoms with van der Waals surface area (Å²) in [5.41, 5.74) is 1.77. The van der Waals surface area contributed by atoms with Crippen LogP contribution in [0.25, 0.3) is 10.9 Å². The first-order valence-electron chi connectivity index (χ1n) is 11.0. The van der Waals surface area contributed by atoms with E-state index in [2.05, 4.69) is 32.6 Å². The summed E-state index contributed by atoms with van der Waals surface area (Å²) < 4.78 is 0.627. The SMILES string of the molecule is CN(C)c1nc(NC2CCC(CNCc3cc(Cl)cc(Br)c3O)CC2)nc2ccccc12. The second-order valence-electron chi connectivity index (χ2n) is 8.67. The lowest BCUT2D eigenvalue weighted by atomic mass is 9.86. The number of phenolic OH excluding ortho intramolecular Hbond substituents is 1. The van der Waals surface area contributed by atoms with E-state index >= 15 is 0 Å². The molecule has 3 aromatic rings. The van der Waals surface area contributed by atoms with Crippen molar-refractivity contribution in [3.05, 3.63) is 51.5 Å². The molecule has 4 rings (SSSR count). The number of rotatable bonds is 7. The standard InChI is InChI=1S/C24H29BrClN5O/c1-31(2)23-19-5-3-4-6-21(19)29-24(30-23)28-18-9-7-15(8-10-18)13-27-14-16-11-17(26)12-20(25)22(16)32/h3-6,11-12,15,18,27,32H,7-10,13-14H2,1-2H3,(H,28,29,30). The van der Waals surface area contributed by atoms with E-state index in [1.807, 2.05) is 37.2 Å². The summed E-state index contributed by atoms with van der Waals surface area (Å²) in [4.78, 5) is 11.5. The van der Waals surface area contributed by atoms with Crippen LogP contribution in [0, 0.1) is 5.92 Å². The Morgan fingerprint density at radius 3 is 2.62 bits per heavy atom. The number of aromatic nitrogens is 2. The number of nitrogens with one attached hydrogen (secondary N) is 2. The smallest absolute Gasteiger partial charge is 0.225 e. The molecule has 0 radical (unpaired) electrons. The van der Waals surface area contributed by atoms with Gasteiger partial charge in [-0.15, -0.1) is 0 Å². The lowest BCUT2D eigenvalue weighted by molar-refractivity contribution is 0.323. The number of anilines is 2. The Morgan fingerprint density at radius 1 is 1.12 bits per heavy atom. The van der Waals surface area contributed by atoms with Gasteiger partial charge < -0.3 is 20.6 Å². The van der Waals surface area contributed by atoms with Crippen LogP contribution in [-0.2, 0) is 6.54 Å². The first-order chi connectivity index (χ1) is 15.4. The fourth-order valence-electron chi connectivity index (χ4n) is 4.32. The zero-order valence-corrected chi connectivity index (χ0v) is 20.7. The number of benzene rings is 2. The molecule has 32 heavy (non-hydrogen) atoms. The van der Waals surface area contributed by atoms with E-state index in [1.54, 1.807) is 12.1 Å². The van der Waals surface area contributed by atoms with Crippen LogP contribution >= 0.6 is 27.5 Å². The summed E-state index contributed by atoms with van der Waals surface area (Å²) in [5, 5.41) is 18.9. The lowest BCUT2D eigenvalue weighted by Gasteiger charge is -2.29. The quantitative estimate of drug-likeness (QED) is 0.379. The summed E-state index contributed by atoms with van der Waals surface area (Å²) >= 11 is 9.45. The molecule has 1 fully saturated rings. The maximum absolute atomic E-state index is 10.2. The van der Waals surface area contributed by atoms with Gasteiger partial charge in [0.25, 0.3) is 0 Å². The number of hydrogen-bond acceptors (Lipinski definition) is 6. The van der Waals surface area contributed by atoms with Crippen molar-refractivity contribution < 1.29 is 5.11 Å². The van der Waals surface area contributed by atoms with E-state index in [1.165, 1.54) is 0 Å². The van der Waals surface area contributed by atoms with Crippen LogP contribution in [0.1, 0.15) is 31.2 Å². The monoisotopic (exact) mass is 517 g/mol. The summed E-state index contributed by atoms with van der Waals surface area (Å²) in [7, 11) is 4.02. The van der Waals surface area contributed by atoms with Crippen LogP contribution in [0.15, 0.2) is 40.9 Å². The fourth-order valence-corrected chi connectivity index (χ4v) is 5.20. The van der Waals surface area contributed by atoms with Crippen LogP contribution in [-0.4, -0.2) is 41.8 Å². The molecule has 1 saturated carbocycles. The fraction of sp³-hybridized carbons (Fsp3) is 0.417.